The van der Waals surface area contributed by atoms with E-state index in [1.807, 2.05) is 18.2 Å². The lowest BCUT2D eigenvalue weighted by Crippen LogP contribution is -2.05. The van der Waals surface area contributed by atoms with Gasteiger partial charge in [-0.25, -0.2) is 9.97 Å². The van der Waals surface area contributed by atoms with E-state index in [1.165, 1.54) is 12.0 Å². The quantitative estimate of drug-likeness (QED) is 0.905. The molecule has 4 heteroatoms. The van der Waals surface area contributed by atoms with Crippen molar-refractivity contribution in [1.29, 1.82) is 0 Å². The molecule has 2 aromatic heterocycles. The molecule has 0 radical (unpaired) electrons. The molecule has 1 aliphatic rings. The molecule has 2 aromatic rings. The van der Waals surface area contributed by atoms with E-state index in [-0.39, 0.29) is 0 Å². The lowest BCUT2D eigenvalue weighted by atomic mass is 9.89. The Morgan fingerprint density at radius 1 is 1.20 bits per heavy atom. The van der Waals surface area contributed by atoms with Crippen molar-refractivity contribution in [3.05, 3.63) is 42.4 Å². The second-order valence-electron chi connectivity index (χ2n) is 5.35. The minimum absolute atomic E-state index is 0.515. The number of nitrogens with two attached hydrogens (primary N) is 1. The molecule has 0 aromatic carbocycles. The van der Waals surface area contributed by atoms with Gasteiger partial charge in [-0.2, -0.15) is 0 Å². The standard InChI is InChI=1S/C16H18N4/c1-11-2-4-12(5-3-11)14-10-15(17)20-16(19-14)13-6-8-18-9-7-13/h4,6-11H,2-3,5H2,1H3,(H2,17,19,20). The molecule has 0 bridgehead atoms. The van der Waals surface area contributed by atoms with Crippen LogP contribution in [0, 0.1) is 5.92 Å². The van der Waals surface area contributed by atoms with Crippen LogP contribution in [-0.2, 0) is 0 Å². The average Bonchev–Trinajstić information content (AvgIpc) is 2.48. The van der Waals surface area contributed by atoms with Crippen molar-refractivity contribution in [2.45, 2.75) is 26.2 Å². The zero-order valence-corrected chi connectivity index (χ0v) is 11.6. The molecule has 1 atom stereocenters. The van der Waals surface area contributed by atoms with Crippen molar-refractivity contribution in [3.63, 3.8) is 0 Å². The van der Waals surface area contributed by atoms with E-state index >= 15 is 0 Å². The van der Waals surface area contributed by atoms with Crippen LogP contribution in [0.25, 0.3) is 17.0 Å². The van der Waals surface area contributed by atoms with Gasteiger partial charge in [-0.05, 0) is 42.9 Å². The lowest BCUT2D eigenvalue weighted by Gasteiger charge is -2.18. The summed E-state index contributed by atoms with van der Waals surface area (Å²) in [5.41, 5.74) is 9.12. The van der Waals surface area contributed by atoms with Crippen molar-refractivity contribution < 1.29 is 0 Å². The Morgan fingerprint density at radius 2 is 2.00 bits per heavy atom. The third-order valence-corrected chi connectivity index (χ3v) is 3.69. The van der Waals surface area contributed by atoms with Gasteiger partial charge in [-0.3, -0.25) is 4.98 Å². The third-order valence-electron chi connectivity index (χ3n) is 3.69. The van der Waals surface area contributed by atoms with Crippen LogP contribution in [0.2, 0.25) is 0 Å². The van der Waals surface area contributed by atoms with Crippen molar-refractivity contribution in [2.75, 3.05) is 5.73 Å². The number of hydrogen-bond acceptors (Lipinski definition) is 4. The number of aromatic nitrogens is 3. The number of pyridine rings is 1. The van der Waals surface area contributed by atoms with Gasteiger partial charge in [0.25, 0.3) is 0 Å². The molecule has 0 aliphatic heterocycles. The van der Waals surface area contributed by atoms with E-state index in [1.54, 1.807) is 12.4 Å². The van der Waals surface area contributed by atoms with E-state index in [4.69, 9.17) is 5.73 Å². The van der Waals surface area contributed by atoms with Crippen LogP contribution in [0.3, 0.4) is 0 Å². The third kappa shape index (κ3) is 2.69. The number of nitrogen functional groups attached to an aromatic ring is 1. The first-order chi connectivity index (χ1) is 9.72. The first-order valence-electron chi connectivity index (χ1n) is 6.97. The van der Waals surface area contributed by atoms with E-state index in [9.17, 15) is 0 Å². The second-order valence-corrected chi connectivity index (χ2v) is 5.35. The number of rotatable bonds is 2. The second kappa shape index (κ2) is 5.41. The summed E-state index contributed by atoms with van der Waals surface area (Å²) in [6.07, 6.45) is 9.15. The Labute approximate surface area is 118 Å². The highest BCUT2D eigenvalue weighted by molar-refractivity contribution is 5.68. The Morgan fingerprint density at radius 3 is 2.70 bits per heavy atom. The van der Waals surface area contributed by atoms with E-state index in [0.29, 0.717) is 11.6 Å². The first-order valence-corrected chi connectivity index (χ1v) is 6.97. The fraction of sp³-hybridized carbons (Fsp3) is 0.312. The number of anilines is 1. The van der Waals surface area contributed by atoms with Gasteiger partial charge in [-0.15, -0.1) is 0 Å². The monoisotopic (exact) mass is 266 g/mol. The van der Waals surface area contributed by atoms with Gasteiger partial charge in [0.05, 0.1) is 5.69 Å². The average molecular weight is 266 g/mol. The number of nitrogens with zero attached hydrogens (tertiary/aromatic N) is 3. The normalized spacial score (nSPS) is 18.6. The molecular weight excluding hydrogens is 248 g/mol. The zero-order valence-electron chi connectivity index (χ0n) is 11.6. The maximum Gasteiger partial charge on any atom is 0.162 e. The molecule has 0 amide bonds. The van der Waals surface area contributed by atoms with Crippen LogP contribution in [0.15, 0.2) is 36.7 Å². The van der Waals surface area contributed by atoms with Gasteiger partial charge in [-0.1, -0.05) is 13.0 Å². The maximum atomic E-state index is 5.94. The highest BCUT2D eigenvalue weighted by atomic mass is 14.9. The Balaban J connectivity index is 1.99. The first kappa shape index (κ1) is 12.8. The maximum absolute atomic E-state index is 5.94. The van der Waals surface area contributed by atoms with Crippen LogP contribution in [0.4, 0.5) is 5.82 Å². The molecule has 20 heavy (non-hydrogen) atoms. The van der Waals surface area contributed by atoms with Crippen LogP contribution >= 0.6 is 0 Å². The van der Waals surface area contributed by atoms with Gasteiger partial charge >= 0.3 is 0 Å². The van der Waals surface area contributed by atoms with E-state index in [0.717, 1.165) is 30.0 Å². The molecule has 2 heterocycles. The number of allylic oxidation sites excluding steroid dienone is 2. The fourth-order valence-corrected chi connectivity index (χ4v) is 2.46. The van der Waals surface area contributed by atoms with Gasteiger partial charge in [0.15, 0.2) is 5.82 Å². The summed E-state index contributed by atoms with van der Waals surface area (Å²) < 4.78 is 0. The SMILES string of the molecule is CC1CC=C(c2cc(N)nc(-c3ccncc3)n2)CC1. The van der Waals surface area contributed by atoms with Crippen LogP contribution in [-0.4, -0.2) is 15.0 Å². The Kier molecular flexibility index (Phi) is 3.46. The van der Waals surface area contributed by atoms with Crippen molar-refractivity contribution in [2.24, 2.45) is 5.92 Å². The Bertz CT molecular complexity index is 634. The van der Waals surface area contributed by atoms with Gasteiger partial charge in [0.2, 0.25) is 0 Å². The highest BCUT2D eigenvalue weighted by Gasteiger charge is 2.14. The minimum Gasteiger partial charge on any atom is -0.384 e. The molecule has 2 N–H and O–H groups in total. The zero-order chi connectivity index (χ0) is 13.9. The van der Waals surface area contributed by atoms with Crippen molar-refractivity contribution in [1.82, 2.24) is 15.0 Å². The van der Waals surface area contributed by atoms with Gasteiger partial charge in [0.1, 0.15) is 5.82 Å². The molecule has 4 nitrogen and oxygen atoms in total. The largest absolute Gasteiger partial charge is 0.384 e. The molecule has 1 unspecified atom stereocenters. The minimum atomic E-state index is 0.515. The van der Waals surface area contributed by atoms with Crippen molar-refractivity contribution >= 4 is 11.4 Å². The summed E-state index contributed by atoms with van der Waals surface area (Å²) in [5.74, 6) is 1.95. The predicted octanol–water partition coefficient (Wildman–Crippen LogP) is 3.32. The van der Waals surface area contributed by atoms with E-state index < -0.39 is 0 Å². The van der Waals surface area contributed by atoms with Crippen LogP contribution in [0.5, 0.6) is 0 Å². The van der Waals surface area contributed by atoms with Crippen LogP contribution in [0.1, 0.15) is 31.9 Å². The summed E-state index contributed by atoms with van der Waals surface area (Å²) in [4.78, 5) is 13.0. The van der Waals surface area contributed by atoms with Gasteiger partial charge in [0, 0.05) is 24.0 Å². The molecule has 1 aliphatic carbocycles. The Hall–Kier alpha value is -2.23. The van der Waals surface area contributed by atoms with Gasteiger partial charge < -0.3 is 5.73 Å². The molecule has 0 saturated carbocycles. The smallest absolute Gasteiger partial charge is 0.162 e. The highest BCUT2D eigenvalue weighted by Crippen LogP contribution is 2.30. The topological polar surface area (TPSA) is 64.7 Å². The summed E-state index contributed by atoms with van der Waals surface area (Å²) in [7, 11) is 0. The molecular formula is C16H18N4. The fourth-order valence-electron chi connectivity index (χ4n) is 2.46. The van der Waals surface area contributed by atoms with Crippen LogP contribution < -0.4 is 5.73 Å². The molecule has 3 rings (SSSR count). The van der Waals surface area contributed by atoms with Crippen molar-refractivity contribution in [3.8, 4) is 11.4 Å². The number of hydrogen-bond donors (Lipinski definition) is 1. The van der Waals surface area contributed by atoms with E-state index in [2.05, 4.69) is 28.0 Å². The summed E-state index contributed by atoms with van der Waals surface area (Å²) >= 11 is 0. The summed E-state index contributed by atoms with van der Waals surface area (Å²) in [5, 5.41) is 0. The molecule has 0 fully saturated rings. The molecule has 0 saturated heterocycles. The predicted molar refractivity (Wildman–Crippen MR) is 80.7 cm³/mol. The summed E-state index contributed by atoms with van der Waals surface area (Å²) in [6, 6.07) is 5.66. The molecule has 102 valence electrons. The molecule has 0 spiro atoms. The lowest BCUT2D eigenvalue weighted by molar-refractivity contribution is 0.533. The summed E-state index contributed by atoms with van der Waals surface area (Å²) in [6.45, 7) is 2.28.